The van der Waals surface area contributed by atoms with E-state index in [0.717, 1.165) is 17.5 Å². The summed E-state index contributed by atoms with van der Waals surface area (Å²) in [4.78, 5) is 26.9. The molecule has 6 heteroatoms. The fourth-order valence-electron chi connectivity index (χ4n) is 2.51. The predicted octanol–water partition coefficient (Wildman–Crippen LogP) is 1.80. The first-order valence-corrected chi connectivity index (χ1v) is 7.43. The molecule has 2 N–H and O–H groups in total. The van der Waals surface area contributed by atoms with Crippen LogP contribution in [0.15, 0.2) is 18.2 Å². The van der Waals surface area contributed by atoms with Gasteiger partial charge in [-0.3, -0.25) is 4.79 Å². The summed E-state index contributed by atoms with van der Waals surface area (Å²) in [7, 11) is 0. The number of rotatable bonds is 2. The van der Waals surface area contributed by atoms with Gasteiger partial charge in [0, 0.05) is 31.2 Å². The highest BCUT2D eigenvalue weighted by Crippen LogP contribution is 2.21. The van der Waals surface area contributed by atoms with Crippen LogP contribution < -0.4 is 5.73 Å². The molecule has 0 radical (unpaired) electrons. The number of benzene rings is 1. The van der Waals surface area contributed by atoms with Gasteiger partial charge in [-0.05, 0) is 24.5 Å². The number of aryl methyl sites for hydroxylation is 1. The number of carbonyl (C=O) groups is 2. The fourth-order valence-corrected chi connectivity index (χ4v) is 2.70. The second-order valence-corrected chi connectivity index (χ2v) is 5.66. The van der Waals surface area contributed by atoms with Gasteiger partial charge >= 0.3 is 6.03 Å². The van der Waals surface area contributed by atoms with Crippen molar-refractivity contribution in [2.24, 2.45) is 5.73 Å². The number of nitrogens with zero attached hydrogens (tertiary/aromatic N) is 2. The number of amides is 3. The highest BCUT2D eigenvalue weighted by molar-refractivity contribution is 6.32. The van der Waals surface area contributed by atoms with Gasteiger partial charge in [-0.1, -0.05) is 29.8 Å². The Kier molecular flexibility index (Phi) is 5.07. The van der Waals surface area contributed by atoms with E-state index >= 15 is 0 Å². The molecule has 1 fully saturated rings. The van der Waals surface area contributed by atoms with Crippen LogP contribution in [-0.4, -0.2) is 47.9 Å². The lowest BCUT2D eigenvalue weighted by atomic mass is 10.1. The molecule has 0 spiro atoms. The van der Waals surface area contributed by atoms with E-state index in [1.807, 2.05) is 25.1 Å². The Morgan fingerprint density at radius 3 is 2.57 bits per heavy atom. The third-order valence-electron chi connectivity index (χ3n) is 3.77. The van der Waals surface area contributed by atoms with Crippen LogP contribution >= 0.6 is 11.6 Å². The van der Waals surface area contributed by atoms with Crippen molar-refractivity contribution in [1.29, 1.82) is 0 Å². The molecule has 0 aromatic heterocycles. The van der Waals surface area contributed by atoms with E-state index in [4.69, 9.17) is 17.3 Å². The zero-order chi connectivity index (χ0) is 15.4. The lowest BCUT2D eigenvalue weighted by molar-refractivity contribution is -0.130. The van der Waals surface area contributed by atoms with Crippen LogP contribution in [0.3, 0.4) is 0 Å². The standard InChI is InChI=1S/C15H20ClN3O2/c1-11-4-2-5-12(14(11)16)10-13(20)18-6-3-7-19(9-8-18)15(17)21/h2,4-5H,3,6-10H2,1H3,(H2,17,21). The molecular formula is C15H20ClN3O2. The van der Waals surface area contributed by atoms with Crippen LogP contribution in [0.2, 0.25) is 5.02 Å². The number of urea groups is 1. The highest BCUT2D eigenvalue weighted by Gasteiger charge is 2.21. The van der Waals surface area contributed by atoms with Gasteiger partial charge in [0.05, 0.1) is 6.42 Å². The third kappa shape index (κ3) is 3.88. The molecular weight excluding hydrogens is 290 g/mol. The van der Waals surface area contributed by atoms with Crippen LogP contribution in [0.4, 0.5) is 4.79 Å². The average Bonchev–Trinajstić information content (AvgIpc) is 2.70. The van der Waals surface area contributed by atoms with Crippen molar-refractivity contribution in [1.82, 2.24) is 9.80 Å². The van der Waals surface area contributed by atoms with Gasteiger partial charge in [0.15, 0.2) is 0 Å². The summed E-state index contributed by atoms with van der Waals surface area (Å²) < 4.78 is 0. The van der Waals surface area contributed by atoms with Crippen molar-refractivity contribution in [2.45, 2.75) is 19.8 Å². The molecule has 3 amide bonds. The first-order chi connectivity index (χ1) is 9.99. The smallest absolute Gasteiger partial charge is 0.314 e. The SMILES string of the molecule is Cc1cccc(CC(=O)N2CCCN(C(N)=O)CC2)c1Cl. The van der Waals surface area contributed by atoms with Crippen molar-refractivity contribution in [3.8, 4) is 0 Å². The maximum Gasteiger partial charge on any atom is 0.314 e. The van der Waals surface area contributed by atoms with E-state index in [0.29, 0.717) is 31.2 Å². The Bertz CT molecular complexity index is 548. The summed E-state index contributed by atoms with van der Waals surface area (Å²) in [6.07, 6.45) is 1.04. The maximum atomic E-state index is 12.4. The zero-order valence-corrected chi connectivity index (χ0v) is 12.9. The van der Waals surface area contributed by atoms with Crippen LogP contribution in [0.5, 0.6) is 0 Å². The van der Waals surface area contributed by atoms with E-state index in [1.54, 1.807) is 9.80 Å². The summed E-state index contributed by atoms with van der Waals surface area (Å²) in [5.74, 6) is 0.0359. The fraction of sp³-hybridized carbons (Fsp3) is 0.467. The molecule has 1 aromatic carbocycles. The summed E-state index contributed by atoms with van der Waals surface area (Å²) in [5.41, 5.74) is 7.10. The molecule has 2 rings (SSSR count). The van der Waals surface area contributed by atoms with Crippen molar-refractivity contribution in [2.75, 3.05) is 26.2 Å². The molecule has 0 unspecified atom stereocenters. The normalized spacial score (nSPS) is 15.7. The minimum Gasteiger partial charge on any atom is -0.351 e. The van der Waals surface area contributed by atoms with E-state index in [-0.39, 0.29) is 12.3 Å². The topological polar surface area (TPSA) is 66.6 Å². The minimum absolute atomic E-state index is 0.0359. The molecule has 1 heterocycles. The third-order valence-corrected chi connectivity index (χ3v) is 4.31. The zero-order valence-electron chi connectivity index (χ0n) is 12.1. The molecule has 1 saturated heterocycles. The molecule has 1 aliphatic heterocycles. The van der Waals surface area contributed by atoms with Crippen molar-refractivity contribution >= 4 is 23.5 Å². The number of hydrogen-bond donors (Lipinski definition) is 1. The van der Waals surface area contributed by atoms with Crippen molar-refractivity contribution < 1.29 is 9.59 Å². The first-order valence-electron chi connectivity index (χ1n) is 7.05. The largest absolute Gasteiger partial charge is 0.351 e. The molecule has 21 heavy (non-hydrogen) atoms. The second kappa shape index (κ2) is 6.80. The highest BCUT2D eigenvalue weighted by atomic mass is 35.5. The number of carbonyl (C=O) groups excluding carboxylic acids is 2. The Labute approximate surface area is 129 Å². The number of hydrogen-bond acceptors (Lipinski definition) is 2. The molecule has 1 aromatic rings. The lowest BCUT2D eigenvalue weighted by Gasteiger charge is -2.21. The number of halogens is 1. The van der Waals surface area contributed by atoms with Crippen LogP contribution in [0.1, 0.15) is 17.5 Å². The quantitative estimate of drug-likeness (QED) is 0.905. The number of nitrogens with two attached hydrogens (primary N) is 1. The van der Waals surface area contributed by atoms with Gasteiger partial charge in [-0.25, -0.2) is 4.79 Å². The molecule has 0 saturated carbocycles. The van der Waals surface area contributed by atoms with E-state index in [9.17, 15) is 9.59 Å². The van der Waals surface area contributed by atoms with Gasteiger partial charge in [-0.2, -0.15) is 0 Å². The van der Waals surface area contributed by atoms with Gasteiger partial charge in [-0.15, -0.1) is 0 Å². The summed E-state index contributed by atoms with van der Waals surface area (Å²) >= 11 is 6.23. The Morgan fingerprint density at radius 2 is 1.86 bits per heavy atom. The summed E-state index contributed by atoms with van der Waals surface area (Å²) in [6.45, 7) is 4.18. The van der Waals surface area contributed by atoms with Crippen LogP contribution in [-0.2, 0) is 11.2 Å². The minimum atomic E-state index is -0.425. The Balaban J connectivity index is 2.00. The van der Waals surface area contributed by atoms with Gasteiger partial charge in [0.2, 0.25) is 5.91 Å². The number of primary amides is 1. The lowest BCUT2D eigenvalue weighted by Crippen LogP contribution is -2.40. The molecule has 114 valence electrons. The Hall–Kier alpha value is -1.75. The predicted molar refractivity (Wildman–Crippen MR) is 82.2 cm³/mol. The Morgan fingerprint density at radius 1 is 1.19 bits per heavy atom. The van der Waals surface area contributed by atoms with Gasteiger partial charge in [0.1, 0.15) is 0 Å². The molecule has 0 bridgehead atoms. The molecule has 1 aliphatic rings. The summed E-state index contributed by atoms with van der Waals surface area (Å²) in [6, 6.07) is 5.28. The van der Waals surface area contributed by atoms with E-state index in [1.165, 1.54) is 0 Å². The van der Waals surface area contributed by atoms with Crippen LogP contribution in [0, 0.1) is 6.92 Å². The first kappa shape index (κ1) is 15.6. The van der Waals surface area contributed by atoms with Crippen molar-refractivity contribution in [3.63, 3.8) is 0 Å². The maximum absolute atomic E-state index is 12.4. The molecule has 5 nitrogen and oxygen atoms in total. The monoisotopic (exact) mass is 309 g/mol. The molecule has 0 atom stereocenters. The van der Waals surface area contributed by atoms with Gasteiger partial charge in [0.25, 0.3) is 0 Å². The molecule has 0 aliphatic carbocycles. The second-order valence-electron chi connectivity index (χ2n) is 5.28. The van der Waals surface area contributed by atoms with Gasteiger partial charge < -0.3 is 15.5 Å². The van der Waals surface area contributed by atoms with Crippen molar-refractivity contribution in [3.05, 3.63) is 34.3 Å². The summed E-state index contributed by atoms with van der Waals surface area (Å²) in [5, 5.41) is 0.652. The van der Waals surface area contributed by atoms with E-state index in [2.05, 4.69) is 0 Å². The van der Waals surface area contributed by atoms with Crippen LogP contribution in [0.25, 0.3) is 0 Å². The average molecular weight is 310 g/mol. The van der Waals surface area contributed by atoms with E-state index < -0.39 is 6.03 Å².